The van der Waals surface area contributed by atoms with E-state index in [2.05, 4.69) is 23.9 Å². The molecule has 2 heterocycles. The molecule has 0 N–H and O–H groups in total. The zero-order valence-electron chi connectivity index (χ0n) is 7.23. The molecule has 0 saturated heterocycles. The van der Waals surface area contributed by atoms with Gasteiger partial charge in [-0.05, 0) is 18.1 Å². The van der Waals surface area contributed by atoms with E-state index in [0.717, 1.165) is 11.3 Å². The molecule has 0 aliphatic carbocycles. The number of hydrogen-bond acceptors (Lipinski definition) is 2. The van der Waals surface area contributed by atoms with Gasteiger partial charge in [-0.1, -0.05) is 13.8 Å². The number of aromatic nitrogens is 3. The minimum absolute atomic E-state index is 0.442. The summed E-state index contributed by atoms with van der Waals surface area (Å²) in [6, 6.07) is 3.90. The van der Waals surface area contributed by atoms with Crippen molar-refractivity contribution < 1.29 is 0 Å². The third-order valence-corrected chi connectivity index (χ3v) is 1.86. The average molecular weight is 161 g/mol. The summed E-state index contributed by atoms with van der Waals surface area (Å²) in [6.45, 7) is 4.23. The molecule has 0 radical (unpaired) electrons. The first-order valence-electron chi connectivity index (χ1n) is 4.07. The number of rotatable bonds is 1. The summed E-state index contributed by atoms with van der Waals surface area (Å²) in [6.07, 6.45) is 3.71. The van der Waals surface area contributed by atoms with E-state index < -0.39 is 0 Å². The first kappa shape index (κ1) is 7.28. The van der Waals surface area contributed by atoms with Crippen LogP contribution in [0.15, 0.2) is 24.5 Å². The highest BCUT2D eigenvalue weighted by Gasteiger charge is 2.01. The Morgan fingerprint density at radius 2 is 2.25 bits per heavy atom. The number of nitrogens with zero attached hydrogens (tertiary/aromatic N) is 3. The first-order valence-corrected chi connectivity index (χ1v) is 4.07. The van der Waals surface area contributed by atoms with Gasteiger partial charge in [-0.25, -0.2) is 9.50 Å². The summed E-state index contributed by atoms with van der Waals surface area (Å²) in [5.41, 5.74) is 1.96. The fraction of sp³-hybridized carbons (Fsp3) is 0.333. The van der Waals surface area contributed by atoms with Crippen LogP contribution in [0.5, 0.6) is 0 Å². The molecule has 3 heteroatoms. The lowest BCUT2D eigenvalue weighted by Crippen LogP contribution is -1.98. The standard InChI is InChI=1S/C9H11N3/c1-7(2)8-6-10-12-5-3-4-9(12)11-8/h3-7H,1-2H3. The molecular formula is C9H11N3. The lowest BCUT2D eigenvalue weighted by atomic mass is 10.1. The molecule has 0 aromatic carbocycles. The van der Waals surface area contributed by atoms with Crippen LogP contribution in [0.3, 0.4) is 0 Å². The fourth-order valence-electron chi connectivity index (χ4n) is 1.11. The van der Waals surface area contributed by atoms with Crippen molar-refractivity contribution in [3.05, 3.63) is 30.2 Å². The zero-order valence-corrected chi connectivity index (χ0v) is 7.23. The lowest BCUT2D eigenvalue weighted by molar-refractivity contribution is 0.783. The predicted octanol–water partition coefficient (Wildman–Crippen LogP) is 1.85. The maximum absolute atomic E-state index is 4.44. The Hall–Kier alpha value is -1.38. The van der Waals surface area contributed by atoms with Crippen molar-refractivity contribution in [1.29, 1.82) is 0 Å². The second-order valence-corrected chi connectivity index (χ2v) is 3.15. The summed E-state index contributed by atoms with van der Waals surface area (Å²) in [5, 5.41) is 4.22. The summed E-state index contributed by atoms with van der Waals surface area (Å²) >= 11 is 0. The van der Waals surface area contributed by atoms with Gasteiger partial charge in [0, 0.05) is 6.20 Å². The van der Waals surface area contributed by atoms with Crippen molar-refractivity contribution in [3.8, 4) is 0 Å². The van der Waals surface area contributed by atoms with E-state index in [9.17, 15) is 0 Å². The molecule has 0 atom stereocenters. The Kier molecular flexibility index (Phi) is 1.57. The second-order valence-electron chi connectivity index (χ2n) is 3.15. The van der Waals surface area contributed by atoms with Gasteiger partial charge in [-0.15, -0.1) is 0 Å². The highest BCUT2D eigenvalue weighted by atomic mass is 15.2. The molecule has 12 heavy (non-hydrogen) atoms. The van der Waals surface area contributed by atoms with Gasteiger partial charge in [0.15, 0.2) is 5.65 Å². The summed E-state index contributed by atoms with van der Waals surface area (Å²) in [4.78, 5) is 4.44. The molecule has 0 amide bonds. The van der Waals surface area contributed by atoms with Crippen LogP contribution in [-0.2, 0) is 0 Å². The summed E-state index contributed by atoms with van der Waals surface area (Å²) in [7, 11) is 0. The Bertz CT molecular complexity index is 389. The number of hydrogen-bond donors (Lipinski definition) is 0. The first-order chi connectivity index (χ1) is 5.77. The molecule has 0 spiro atoms. The molecule has 0 saturated carbocycles. The monoisotopic (exact) mass is 161 g/mol. The van der Waals surface area contributed by atoms with Crippen LogP contribution in [-0.4, -0.2) is 14.6 Å². The molecule has 0 aliphatic rings. The van der Waals surface area contributed by atoms with E-state index in [-0.39, 0.29) is 0 Å². The Morgan fingerprint density at radius 1 is 1.42 bits per heavy atom. The van der Waals surface area contributed by atoms with E-state index in [1.54, 1.807) is 4.52 Å². The lowest BCUT2D eigenvalue weighted by Gasteiger charge is -2.02. The van der Waals surface area contributed by atoms with E-state index >= 15 is 0 Å². The Labute approximate surface area is 71.1 Å². The van der Waals surface area contributed by atoms with Gasteiger partial charge in [0.25, 0.3) is 0 Å². The molecule has 0 bridgehead atoms. The second kappa shape index (κ2) is 2.59. The van der Waals surface area contributed by atoms with Crippen LogP contribution in [0.1, 0.15) is 25.5 Å². The predicted molar refractivity (Wildman–Crippen MR) is 47.1 cm³/mol. The van der Waals surface area contributed by atoms with E-state index in [4.69, 9.17) is 0 Å². The molecule has 0 unspecified atom stereocenters. The van der Waals surface area contributed by atoms with Crippen molar-refractivity contribution in [3.63, 3.8) is 0 Å². The highest BCUT2D eigenvalue weighted by molar-refractivity contribution is 5.37. The van der Waals surface area contributed by atoms with Crippen LogP contribution in [0, 0.1) is 0 Å². The van der Waals surface area contributed by atoms with Gasteiger partial charge >= 0.3 is 0 Å². The van der Waals surface area contributed by atoms with Gasteiger partial charge in [0.05, 0.1) is 11.9 Å². The van der Waals surface area contributed by atoms with Gasteiger partial charge in [0.2, 0.25) is 0 Å². The maximum Gasteiger partial charge on any atom is 0.153 e. The topological polar surface area (TPSA) is 30.2 Å². The maximum atomic E-state index is 4.44. The van der Waals surface area contributed by atoms with E-state index in [1.165, 1.54) is 0 Å². The minimum atomic E-state index is 0.442. The van der Waals surface area contributed by atoms with E-state index in [1.807, 2.05) is 24.5 Å². The molecule has 62 valence electrons. The smallest absolute Gasteiger partial charge is 0.153 e. The zero-order chi connectivity index (χ0) is 8.55. The average Bonchev–Trinajstić information content (AvgIpc) is 2.49. The van der Waals surface area contributed by atoms with Gasteiger partial charge in [0.1, 0.15) is 0 Å². The van der Waals surface area contributed by atoms with Crippen molar-refractivity contribution in [2.45, 2.75) is 19.8 Å². The van der Waals surface area contributed by atoms with Crippen LogP contribution in [0.4, 0.5) is 0 Å². The van der Waals surface area contributed by atoms with Crippen LogP contribution in [0.2, 0.25) is 0 Å². The third kappa shape index (κ3) is 1.07. The SMILES string of the molecule is CC(C)c1cnn2cccc2n1. The van der Waals surface area contributed by atoms with E-state index in [0.29, 0.717) is 5.92 Å². The summed E-state index contributed by atoms with van der Waals surface area (Å²) in [5.74, 6) is 0.442. The Balaban J connectivity index is 2.60. The van der Waals surface area contributed by atoms with Crippen LogP contribution >= 0.6 is 0 Å². The van der Waals surface area contributed by atoms with Crippen molar-refractivity contribution in [1.82, 2.24) is 14.6 Å². The quantitative estimate of drug-likeness (QED) is 0.639. The normalized spacial score (nSPS) is 11.2. The summed E-state index contributed by atoms with van der Waals surface area (Å²) < 4.78 is 1.77. The van der Waals surface area contributed by atoms with Crippen molar-refractivity contribution >= 4 is 5.65 Å². The molecule has 2 aromatic rings. The molecule has 0 fully saturated rings. The Morgan fingerprint density at radius 3 is 3.00 bits per heavy atom. The van der Waals surface area contributed by atoms with Crippen molar-refractivity contribution in [2.75, 3.05) is 0 Å². The minimum Gasteiger partial charge on any atom is -0.232 e. The number of fused-ring (bicyclic) bond motifs is 1. The van der Waals surface area contributed by atoms with Crippen LogP contribution in [0.25, 0.3) is 5.65 Å². The highest BCUT2D eigenvalue weighted by Crippen LogP contribution is 2.10. The molecule has 3 nitrogen and oxygen atoms in total. The van der Waals surface area contributed by atoms with Gasteiger partial charge in [-0.2, -0.15) is 5.10 Å². The third-order valence-electron chi connectivity index (χ3n) is 1.86. The largest absolute Gasteiger partial charge is 0.232 e. The fourth-order valence-corrected chi connectivity index (χ4v) is 1.11. The van der Waals surface area contributed by atoms with Gasteiger partial charge < -0.3 is 0 Å². The van der Waals surface area contributed by atoms with Gasteiger partial charge in [-0.3, -0.25) is 0 Å². The molecule has 2 rings (SSSR count). The molecule has 2 aromatic heterocycles. The van der Waals surface area contributed by atoms with Crippen molar-refractivity contribution in [2.24, 2.45) is 0 Å². The molecule has 0 aliphatic heterocycles. The molecular weight excluding hydrogens is 150 g/mol. The van der Waals surface area contributed by atoms with Crippen LogP contribution < -0.4 is 0 Å².